The number of fused-ring (bicyclic) bond motifs is 1. The number of halogens is 1. The summed E-state index contributed by atoms with van der Waals surface area (Å²) >= 11 is 3.62. The van der Waals surface area contributed by atoms with Crippen LogP contribution in [-0.4, -0.2) is 19.5 Å². The molecule has 0 spiro atoms. The molecule has 1 N–H and O–H groups in total. The van der Waals surface area contributed by atoms with Crippen LogP contribution >= 0.6 is 15.9 Å². The number of aryl methyl sites for hydroxylation is 1. The van der Waals surface area contributed by atoms with Crippen LogP contribution < -0.4 is 5.56 Å². The standard InChI is InChI=1S/C26H21BrN4O/c1-26(24-15-29-16-30-24,18-4-3-5-20(27)12-18)19-6-7-23-22(13-19)21(14-25(32)31(23)2)17-8-10-28-11-9-17/h3-16H,1-2H3,(H,29,30). The molecule has 0 bridgehead atoms. The molecule has 6 heteroatoms. The van der Waals surface area contributed by atoms with Crippen LogP contribution in [0.1, 0.15) is 23.7 Å². The van der Waals surface area contributed by atoms with Gasteiger partial charge in [0.05, 0.1) is 17.3 Å². The van der Waals surface area contributed by atoms with E-state index in [9.17, 15) is 4.79 Å². The average Bonchev–Trinajstić information content (AvgIpc) is 3.37. The predicted octanol–water partition coefficient (Wildman–Crippen LogP) is 5.44. The minimum absolute atomic E-state index is 0.0413. The molecule has 3 heterocycles. The highest BCUT2D eigenvalue weighted by Crippen LogP contribution is 2.40. The van der Waals surface area contributed by atoms with E-state index in [4.69, 9.17) is 0 Å². The zero-order valence-corrected chi connectivity index (χ0v) is 19.3. The zero-order chi connectivity index (χ0) is 22.3. The Balaban J connectivity index is 1.83. The number of aromatic nitrogens is 4. The summed E-state index contributed by atoms with van der Waals surface area (Å²) in [7, 11) is 1.81. The van der Waals surface area contributed by atoms with Gasteiger partial charge in [-0.2, -0.15) is 0 Å². The molecule has 5 rings (SSSR count). The molecular weight excluding hydrogens is 464 g/mol. The molecular formula is C26H21BrN4O. The van der Waals surface area contributed by atoms with Crippen molar-refractivity contribution in [2.24, 2.45) is 7.05 Å². The normalized spacial score (nSPS) is 13.2. The van der Waals surface area contributed by atoms with Crippen molar-refractivity contribution in [3.05, 3.63) is 117 Å². The predicted molar refractivity (Wildman–Crippen MR) is 131 cm³/mol. The summed E-state index contributed by atoms with van der Waals surface area (Å²) in [6, 6.07) is 20.2. The van der Waals surface area contributed by atoms with E-state index in [1.807, 2.05) is 43.6 Å². The van der Waals surface area contributed by atoms with Gasteiger partial charge in [0.2, 0.25) is 0 Å². The number of hydrogen-bond acceptors (Lipinski definition) is 3. The van der Waals surface area contributed by atoms with Crippen molar-refractivity contribution < 1.29 is 0 Å². The molecule has 0 aliphatic carbocycles. The summed E-state index contributed by atoms with van der Waals surface area (Å²) in [6.45, 7) is 2.19. The largest absolute Gasteiger partial charge is 0.347 e. The summed E-state index contributed by atoms with van der Waals surface area (Å²) in [6.07, 6.45) is 7.08. The lowest BCUT2D eigenvalue weighted by molar-refractivity contribution is 0.670. The third-order valence-electron chi connectivity index (χ3n) is 6.25. The van der Waals surface area contributed by atoms with Crippen molar-refractivity contribution in [2.75, 3.05) is 0 Å². The van der Waals surface area contributed by atoms with Crippen molar-refractivity contribution in [1.29, 1.82) is 0 Å². The maximum Gasteiger partial charge on any atom is 0.251 e. The minimum atomic E-state index is -0.474. The second-order valence-corrected chi connectivity index (χ2v) is 8.94. The van der Waals surface area contributed by atoms with E-state index in [0.29, 0.717) is 0 Å². The Hall–Kier alpha value is -3.51. The highest BCUT2D eigenvalue weighted by molar-refractivity contribution is 9.10. The van der Waals surface area contributed by atoms with E-state index in [2.05, 4.69) is 62.1 Å². The third kappa shape index (κ3) is 3.28. The van der Waals surface area contributed by atoms with E-state index in [0.717, 1.165) is 43.3 Å². The molecule has 0 aliphatic heterocycles. The van der Waals surface area contributed by atoms with E-state index in [1.54, 1.807) is 29.4 Å². The number of aromatic amines is 1. The molecule has 0 radical (unpaired) electrons. The summed E-state index contributed by atoms with van der Waals surface area (Å²) in [5.41, 5.74) is 5.45. The first kappa shape index (κ1) is 20.4. The molecule has 1 atom stereocenters. The quantitative estimate of drug-likeness (QED) is 0.369. The molecule has 5 aromatic rings. The second kappa shape index (κ2) is 7.88. The van der Waals surface area contributed by atoms with Gasteiger partial charge in [-0.3, -0.25) is 9.78 Å². The summed E-state index contributed by atoms with van der Waals surface area (Å²) in [5, 5.41) is 1.01. The molecule has 158 valence electrons. The molecule has 32 heavy (non-hydrogen) atoms. The van der Waals surface area contributed by atoms with Crippen molar-refractivity contribution in [2.45, 2.75) is 12.3 Å². The van der Waals surface area contributed by atoms with E-state index in [-0.39, 0.29) is 5.56 Å². The Kier molecular flexibility index (Phi) is 5.02. The van der Waals surface area contributed by atoms with E-state index < -0.39 is 5.41 Å². The van der Waals surface area contributed by atoms with Crippen LogP contribution in [0.2, 0.25) is 0 Å². The first-order chi connectivity index (χ1) is 15.5. The molecule has 3 aromatic heterocycles. The van der Waals surface area contributed by atoms with Crippen molar-refractivity contribution in [3.63, 3.8) is 0 Å². The Bertz CT molecular complexity index is 1480. The van der Waals surface area contributed by atoms with Gasteiger partial charge in [0, 0.05) is 47.3 Å². The Morgan fingerprint density at radius 3 is 2.47 bits per heavy atom. The molecule has 0 saturated carbocycles. The monoisotopic (exact) mass is 484 g/mol. The van der Waals surface area contributed by atoms with Crippen LogP contribution in [0.4, 0.5) is 0 Å². The molecule has 0 aliphatic rings. The fraction of sp³-hybridized carbons (Fsp3) is 0.115. The average molecular weight is 485 g/mol. The van der Waals surface area contributed by atoms with Crippen LogP contribution in [0.15, 0.2) is 94.8 Å². The number of benzene rings is 2. The van der Waals surface area contributed by atoms with Gasteiger partial charge in [-0.25, -0.2) is 4.98 Å². The Morgan fingerprint density at radius 2 is 1.75 bits per heavy atom. The van der Waals surface area contributed by atoms with Gasteiger partial charge in [-0.15, -0.1) is 0 Å². The van der Waals surface area contributed by atoms with Crippen LogP contribution in [-0.2, 0) is 12.5 Å². The third-order valence-corrected chi connectivity index (χ3v) is 6.75. The number of rotatable bonds is 4. The Morgan fingerprint density at radius 1 is 0.969 bits per heavy atom. The number of H-pyrrole nitrogens is 1. The van der Waals surface area contributed by atoms with Crippen molar-refractivity contribution in [3.8, 4) is 11.1 Å². The zero-order valence-electron chi connectivity index (χ0n) is 17.7. The van der Waals surface area contributed by atoms with Gasteiger partial charge in [0.1, 0.15) is 0 Å². The highest BCUT2D eigenvalue weighted by atomic mass is 79.9. The van der Waals surface area contributed by atoms with Gasteiger partial charge in [-0.05, 0) is 65.6 Å². The number of nitrogens with one attached hydrogen (secondary N) is 1. The maximum atomic E-state index is 12.7. The summed E-state index contributed by atoms with van der Waals surface area (Å²) in [4.78, 5) is 24.4. The van der Waals surface area contributed by atoms with Crippen LogP contribution in [0.3, 0.4) is 0 Å². The van der Waals surface area contributed by atoms with Gasteiger partial charge >= 0.3 is 0 Å². The number of nitrogens with zero attached hydrogens (tertiary/aromatic N) is 3. The molecule has 0 amide bonds. The van der Waals surface area contributed by atoms with Crippen molar-refractivity contribution >= 4 is 26.8 Å². The van der Waals surface area contributed by atoms with Crippen LogP contribution in [0.25, 0.3) is 22.0 Å². The molecule has 2 aromatic carbocycles. The fourth-order valence-electron chi connectivity index (χ4n) is 4.35. The molecule has 5 nitrogen and oxygen atoms in total. The van der Waals surface area contributed by atoms with Gasteiger partial charge in [0.25, 0.3) is 5.56 Å². The summed E-state index contributed by atoms with van der Waals surface area (Å²) in [5.74, 6) is 0. The van der Waals surface area contributed by atoms with Gasteiger partial charge in [-0.1, -0.05) is 34.1 Å². The number of hydrogen-bond donors (Lipinski definition) is 1. The van der Waals surface area contributed by atoms with Gasteiger partial charge < -0.3 is 9.55 Å². The number of imidazole rings is 1. The molecule has 1 unspecified atom stereocenters. The first-order valence-corrected chi connectivity index (χ1v) is 11.1. The second-order valence-electron chi connectivity index (χ2n) is 8.02. The highest BCUT2D eigenvalue weighted by Gasteiger charge is 2.33. The molecule has 0 saturated heterocycles. The van der Waals surface area contributed by atoms with Crippen LogP contribution in [0, 0.1) is 0 Å². The van der Waals surface area contributed by atoms with Gasteiger partial charge in [0.15, 0.2) is 0 Å². The fourth-order valence-corrected chi connectivity index (χ4v) is 4.75. The molecule has 0 fully saturated rings. The van der Waals surface area contributed by atoms with Crippen LogP contribution in [0.5, 0.6) is 0 Å². The lowest BCUT2D eigenvalue weighted by Crippen LogP contribution is -2.26. The SMILES string of the molecule is Cn1c(=O)cc(-c2ccncc2)c2cc(C(C)(c3cccc(Br)c3)c3cnc[nH]3)ccc21. The lowest BCUT2D eigenvalue weighted by Gasteiger charge is -2.30. The number of pyridine rings is 2. The van der Waals surface area contributed by atoms with E-state index >= 15 is 0 Å². The first-order valence-electron chi connectivity index (χ1n) is 10.3. The maximum absolute atomic E-state index is 12.7. The minimum Gasteiger partial charge on any atom is -0.347 e. The van der Waals surface area contributed by atoms with E-state index in [1.165, 1.54) is 0 Å². The lowest BCUT2D eigenvalue weighted by atomic mass is 9.73. The Labute approximate surface area is 193 Å². The van der Waals surface area contributed by atoms with Crippen molar-refractivity contribution in [1.82, 2.24) is 19.5 Å². The topological polar surface area (TPSA) is 63.6 Å². The summed E-state index contributed by atoms with van der Waals surface area (Å²) < 4.78 is 2.71. The smallest absolute Gasteiger partial charge is 0.251 e.